The number of hydrogen-bond acceptors (Lipinski definition) is 3. The van der Waals surface area contributed by atoms with E-state index in [1.807, 2.05) is 0 Å². The molecule has 81 valence electrons. The van der Waals surface area contributed by atoms with E-state index in [4.69, 9.17) is 5.73 Å². The third-order valence-electron chi connectivity index (χ3n) is 1.78. The highest BCUT2D eigenvalue weighted by molar-refractivity contribution is 5.83. The first-order valence-corrected chi connectivity index (χ1v) is 4.61. The summed E-state index contributed by atoms with van der Waals surface area (Å²) in [6, 6.07) is -0.566. The van der Waals surface area contributed by atoms with Crippen molar-refractivity contribution >= 4 is 11.9 Å². The molecule has 1 amide bonds. The van der Waals surface area contributed by atoms with E-state index in [1.54, 1.807) is 0 Å². The molecule has 0 saturated heterocycles. The number of hydrogen-bond donors (Lipinski definition) is 1. The largest absolute Gasteiger partial charge is 0.467 e. The van der Waals surface area contributed by atoms with Gasteiger partial charge in [0.2, 0.25) is 5.91 Å². The maximum Gasteiger partial charge on any atom is 0.328 e. The standard InChI is InChI=1S/C9H17N2O3/c1-7(12)11-8(9(13)14-2)5-3-4-6-10/h8,10H,3-6H2,1-2H3,(H,11,12)/t8-/m0/s1. The van der Waals surface area contributed by atoms with Gasteiger partial charge in [-0.1, -0.05) is 0 Å². The Bertz CT molecular complexity index is 194. The van der Waals surface area contributed by atoms with Crippen molar-refractivity contribution in [3.8, 4) is 0 Å². The highest BCUT2D eigenvalue weighted by Crippen LogP contribution is 2.02. The third-order valence-corrected chi connectivity index (χ3v) is 1.78. The van der Waals surface area contributed by atoms with Crippen LogP contribution in [0.25, 0.3) is 0 Å². The van der Waals surface area contributed by atoms with Gasteiger partial charge in [0.15, 0.2) is 0 Å². The van der Waals surface area contributed by atoms with Crippen LogP contribution in [0, 0.1) is 0 Å². The molecule has 0 rings (SSSR count). The molecule has 0 aliphatic carbocycles. The monoisotopic (exact) mass is 201 g/mol. The topological polar surface area (TPSA) is 79.2 Å². The summed E-state index contributed by atoms with van der Waals surface area (Å²) in [6.07, 6.45) is 2.00. The highest BCUT2D eigenvalue weighted by atomic mass is 16.5. The molecule has 0 aliphatic rings. The third kappa shape index (κ3) is 5.53. The molecule has 0 spiro atoms. The first kappa shape index (κ1) is 12.9. The van der Waals surface area contributed by atoms with Crippen LogP contribution in [0.2, 0.25) is 0 Å². The van der Waals surface area contributed by atoms with Crippen LogP contribution in [0.15, 0.2) is 0 Å². The lowest BCUT2D eigenvalue weighted by Gasteiger charge is -2.14. The lowest BCUT2D eigenvalue weighted by molar-refractivity contribution is -0.145. The summed E-state index contributed by atoms with van der Waals surface area (Å²) in [7, 11) is 1.29. The smallest absolute Gasteiger partial charge is 0.328 e. The van der Waals surface area contributed by atoms with E-state index in [9.17, 15) is 9.59 Å². The molecule has 0 bridgehead atoms. The van der Waals surface area contributed by atoms with Crippen molar-refractivity contribution in [2.45, 2.75) is 32.2 Å². The van der Waals surface area contributed by atoms with Gasteiger partial charge in [0.1, 0.15) is 6.04 Å². The zero-order valence-electron chi connectivity index (χ0n) is 8.63. The Morgan fingerprint density at radius 3 is 2.50 bits per heavy atom. The Morgan fingerprint density at radius 2 is 2.07 bits per heavy atom. The molecule has 0 aromatic heterocycles. The molecule has 0 aromatic rings. The predicted molar refractivity (Wildman–Crippen MR) is 51.4 cm³/mol. The summed E-state index contributed by atoms with van der Waals surface area (Å²) in [6.45, 7) is 1.70. The molecule has 0 aliphatic heterocycles. The fourth-order valence-electron chi connectivity index (χ4n) is 1.11. The van der Waals surface area contributed by atoms with E-state index >= 15 is 0 Å². The summed E-state index contributed by atoms with van der Waals surface area (Å²) in [5.74, 6) is -0.670. The second kappa shape index (κ2) is 7.32. The van der Waals surface area contributed by atoms with Crippen molar-refractivity contribution < 1.29 is 14.3 Å². The fraction of sp³-hybridized carbons (Fsp3) is 0.778. The number of ether oxygens (including phenoxy) is 1. The Morgan fingerprint density at radius 1 is 1.43 bits per heavy atom. The summed E-state index contributed by atoms with van der Waals surface area (Å²) in [4.78, 5) is 21.9. The van der Waals surface area contributed by atoms with Crippen LogP contribution >= 0.6 is 0 Å². The average molecular weight is 201 g/mol. The Kier molecular flexibility index (Phi) is 6.74. The number of nitrogens with one attached hydrogen (secondary N) is 2. The lowest BCUT2D eigenvalue weighted by atomic mass is 10.1. The van der Waals surface area contributed by atoms with Gasteiger partial charge in [0.05, 0.1) is 7.11 Å². The minimum Gasteiger partial charge on any atom is -0.467 e. The molecule has 5 nitrogen and oxygen atoms in total. The zero-order chi connectivity index (χ0) is 11.0. The normalized spacial score (nSPS) is 11.9. The lowest BCUT2D eigenvalue weighted by Crippen LogP contribution is -2.40. The molecule has 0 heterocycles. The Balaban J connectivity index is 3.97. The van der Waals surface area contributed by atoms with Crippen LogP contribution in [-0.2, 0) is 14.3 Å². The first-order valence-electron chi connectivity index (χ1n) is 4.61. The molecule has 0 aromatic carbocycles. The van der Waals surface area contributed by atoms with Gasteiger partial charge in [-0.2, -0.15) is 0 Å². The van der Waals surface area contributed by atoms with Crippen molar-refractivity contribution in [3.63, 3.8) is 0 Å². The Hall–Kier alpha value is -1.10. The van der Waals surface area contributed by atoms with Crippen molar-refractivity contribution in [1.29, 1.82) is 0 Å². The summed E-state index contributed by atoms with van der Waals surface area (Å²) in [5, 5.41) is 2.51. The molecule has 2 N–H and O–H groups in total. The molecule has 1 radical (unpaired) electrons. The molecule has 5 heteroatoms. The fourth-order valence-corrected chi connectivity index (χ4v) is 1.11. The minimum atomic E-state index is -0.566. The van der Waals surface area contributed by atoms with Gasteiger partial charge < -0.3 is 10.1 Å². The van der Waals surface area contributed by atoms with Gasteiger partial charge in [-0.3, -0.25) is 10.5 Å². The van der Waals surface area contributed by atoms with E-state index in [1.165, 1.54) is 14.0 Å². The van der Waals surface area contributed by atoms with Gasteiger partial charge in [-0.15, -0.1) is 0 Å². The zero-order valence-corrected chi connectivity index (χ0v) is 8.63. The van der Waals surface area contributed by atoms with Crippen molar-refractivity contribution in [1.82, 2.24) is 11.1 Å². The van der Waals surface area contributed by atoms with E-state index < -0.39 is 12.0 Å². The Labute approximate surface area is 84.0 Å². The maximum absolute atomic E-state index is 11.2. The summed E-state index contributed by atoms with van der Waals surface area (Å²) >= 11 is 0. The van der Waals surface area contributed by atoms with Crippen molar-refractivity contribution in [3.05, 3.63) is 0 Å². The highest BCUT2D eigenvalue weighted by Gasteiger charge is 2.18. The number of esters is 1. The summed E-state index contributed by atoms with van der Waals surface area (Å²) < 4.78 is 4.54. The summed E-state index contributed by atoms with van der Waals surface area (Å²) in [5.41, 5.74) is 6.94. The van der Waals surface area contributed by atoms with Crippen LogP contribution in [0.5, 0.6) is 0 Å². The molecule has 14 heavy (non-hydrogen) atoms. The van der Waals surface area contributed by atoms with Gasteiger partial charge in [0.25, 0.3) is 0 Å². The number of rotatable bonds is 6. The number of unbranched alkanes of at least 4 members (excludes halogenated alkanes) is 1. The second-order valence-corrected chi connectivity index (χ2v) is 3.02. The number of carbonyl (C=O) groups excluding carboxylic acids is 2. The van der Waals surface area contributed by atoms with E-state index in [0.29, 0.717) is 13.0 Å². The van der Waals surface area contributed by atoms with Crippen LogP contribution in [0.3, 0.4) is 0 Å². The quantitative estimate of drug-likeness (QED) is 0.489. The molecule has 0 fully saturated rings. The van der Waals surface area contributed by atoms with E-state index in [-0.39, 0.29) is 5.91 Å². The van der Waals surface area contributed by atoms with Gasteiger partial charge in [-0.05, 0) is 19.3 Å². The van der Waals surface area contributed by atoms with E-state index in [2.05, 4.69) is 10.1 Å². The molecule has 0 unspecified atom stereocenters. The van der Waals surface area contributed by atoms with Crippen molar-refractivity contribution in [2.75, 3.05) is 13.7 Å². The van der Waals surface area contributed by atoms with Gasteiger partial charge in [-0.25, -0.2) is 4.79 Å². The second-order valence-electron chi connectivity index (χ2n) is 3.02. The van der Waals surface area contributed by atoms with Gasteiger partial charge in [0, 0.05) is 13.5 Å². The number of amides is 1. The SMILES string of the molecule is COC(=O)[C@H](CCCC[NH])NC(C)=O. The van der Waals surface area contributed by atoms with Gasteiger partial charge >= 0.3 is 5.97 Å². The number of carbonyl (C=O) groups is 2. The van der Waals surface area contributed by atoms with Crippen molar-refractivity contribution in [2.24, 2.45) is 0 Å². The predicted octanol–water partition coefficient (Wildman–Crippen LogP) is 0.117. The van der Waals surface area contributed by atoms with Crippen LogP contribution in [0.1, 0.15) is 26.2 Å². The van der Waals surface area contributed by atoms with E-state index in [0.717, 1.165) is 12.8 Å². The number of methoxy groups -OCH3 is 1. The maximum atomic E-state index is 11.2. The molecular weight excluding hydrogens is 184 g/mol. The van der Waals surface area contributed by atoms with Crippen LogP contribution < -0.4 is 11.1 Å². The van der Waals surface area contributed by atoms with Crippen LogP contribution in [0.4, 0.5) is 0 Å². The average Bonchev–Trinajstić information content (AvgIpc) is 2.15. The minimum absolute atomic E-state index is 0.244. The first-order chi connectivity index (χ1) is 6.61. The molecular formula is C9H17N2O3. The molecule has 1 atom stereocenters. The van der Waals surface area contributed by atoms with Crippen LogP contribution in [-0.4, -0.2) is 31.6 Å². The molecule has 0 saturated carbocycles.